The molecular formula is C34H25ClN2O3. The molecule has 0 atom stereocenters. The molecule has 0 saturated heterocycles. The van der Waals surface area contributed by atoms with Crippen LogP contribution in [0.25, 0.3) is 16.8 Å². The Balaban J connectivity index is 1.24. The maximum Gasteiger partial charge on any atom is 0.266 e. The molecule has 40 heavy (non-hydrogen) atoms. The molecule has 5 rings (SSSR count). The van der Waals surface area contributed by atoms with E-state index in [0.29, 0.717) is 41.0 Å². The average Bonchev–Trinajstić information content (AvgIpc) is 2.99. The van der Waals surface area contributed by atoms with E-state index in [9.17, 15) is 10.1 Å². The van der Waals surface area contributed by atoms with Crippen molar-refractivity contribution in [2.45, 2.75) is 13.2 Å². The van der Waals surface area contributed by atoms with Crippen LogP contribution in [0.5, 0.6) is 11.5 Å². The van der Waals surface area contributed by atoms with E-state index in [1.54, 1.807) is 24.3 Å². The number of nitriles is 1. The number of halogens is 1. The second-order valence-corrected chi connectivity index (χ2v) is 9.46. The van der Waals surface area contributed by atoms with Crippen LogP contribution in [0.4, 0.5) is 5.69 Å². The largest absolute Gasteiger partial charge is 0.489 e. The Bertz CT molecular complexity index is 1700. The lowest BCUT2D eigenvalue weighted by Crippen LogP contribution is -2.13. The Morgan fingerprint density at radius 3 is 2.33 bits per heavy atom. The van der Waals surface area contributed by atoms with Crippen LogP contribution in [-0.4, -0.2) is 5.91 Å². The minimum absolute atomic E-state index is 0.0377. The number of nitrogens with zero attached hydrogens (tertiary/aromatic N) is 1. The van der Waals surface area contributed by atoms with Crippen LogP contribution in [-0.2, 0) is 18.0 Å². The zero-order valence-corrected chi connectivity index (χ0v) is 22.3. The second kappa shape index (κ2) is 12.7. The lowest BCUT2D eigenvalue weighted by molar-refractivity contribution is -0.112. The highest BCUT2D eigenvalue weighted by molar-refractivity contribution is 6.30. The van der Waals surface area contributed by atoms with Gasteiger partial charge in [0.1, 0.15) is 36.4 Å². The van der Waals surface area contributed by atoms with Gasteiger partial charge in [0.15, 0.2) is 0 Å². The Kier molecular flexibility index (Phi) is 8.41. The van der Waals surface area contributed by atoms with Gasteiger partial charge in [-0.15, -0.1) is 0 Å². The van der Waals surface area contributed by atoms with Gasteiger partial charge in [0.25, 0.3) is 5.91 Å². The highest BCUT2D eigenvalue weighted by Crippen LogP contribution is 2.25. The molecule has 0 unspecified atom stereocenters. The summed E-state index contributed by atoms with van der Waals surface area (Å²) < 4.78 is 11.9. The number of carbonyl (C=O) groups is 1. The predicted octanol–water partition coefficient (Wildman–Crippen LogP) is 8.20. The van der Waals surface area contributed by atoms with Gasteiger partial charge in [-0.3, -0.25) is 4.79 Å². The van der Waals surface area contributed by atoms with Crippen molar-refractivity contribution in [2.75, 3.05) is 5.32 Å². The maximum absolute atomic E-state index is 12.9. The van der Waals surface area contributed by atoms with Crippen molar-refractivity contribution in [1.82, 2.24) is 0 Å². The predicted molar refractivity (Wildman–Crippen MR) is 159 cm³/mol. The molecule has 0 aliphatic carbocycles. The molecule has 196 valence electrons. The fraction of sp³-hybridized carbons (Fsp3) is 0.0588. The molecule has 1 amide bonds. The number of amides is 1. The number of anilines is 1. The molecule has 0 spiro atoms. The number of nitrogens with one attached hydrogen (secondary N) is 1. The van der Waals surface area contributed by atoms with Gasteiger partial charge >= 0.3 is 0 Å². The number of hydrogen-bond donors (Lipinski definition) is 1. The van der Waals surface area contributed by atoms with Crippen LogP contribution in [0.1, 0.15) is 16.7 Å². The first kappa shape index (κ1) is 26.6. The quantitative estimate of drug-likeness (QED) is 0.150. The van der Waals surface area contributed by atoms with Gasteiger partial charge < -0.3 is 14.8 Å². The fourth-order valence-corrected chi connectivity index (χ4v) is 4.32. The van der Waals surface area contributed by atoms with Crippen molar-refractivity contribution in [3.8, 4) is 17.6 Å². The molecule has 0 fully saturated rings. The number of carbonyl (C=O) groups excluding carboxylic acids is 1. The average molecular weight is 545 g/mol. The lowest BCUT2D eigenvalue weighted by atomic mass is 10.1. The van der Waals surface area contributed by atoms with E-state index in [2.05, 4.69) is 23.5 Å². The fourth-order valence-electron chi connectivity index (χ4n) is 4.19. The summed E-state index contributed by atoms with van der Waals surface area (Å²) in [6.07, 6.45) is 1.54. The van der Waals surface area contributed by atoms with E-state index in [0.717, 1.165) is 21.9 Å². The Morgan fingerprint density at radius 2 is 1.52 bits per heavy atom. The van der Waals surface area contributed by atoms with Crippen LogP contribution < -0.4 is 14.8 Å². The van der Waals surface area contributed by atoms with E-state index in [-0.39, 0.29) is 5.57 Å². The van der Waals surface area contributed by atoms with Gasteiger partial charge in [0.05, 0.1) is 0 Å². The summed E-state index contributed by atoms with van der Waals surface area (Å²) in [5, 5.41) is 15.5. The van der Waals surface area contributed by atoms with Crippen LogP contribution in [0.15, 0.2) is 121 Å². The highest BCUT2D eigenvalue weighted by Gasteiger charge is 2.12. The zero-order chi connectivity index (χ0) is 27.7. The minimum atomic E-state index is -0.513. The summed E-state index contributed by atoms with van der Waals surface area (Å²) in [6.45, 7) is 0.749. The van der Waals surface area contributed by atoms with Crippen molar-refractivity contribution < 1.29 is 14.3 Å². The number of rotatable bonds is 9. The van der Waals surface area contributed by atoms with Crippen LogP contribution in [0.2, 0.25) is 5.02 Å². The molecule has 0 saturated carbocycles. The molecule has 0 aromatic heterocycles. The van der Waals surface area contributed by atoms with E-state index in [4.69, 9.17) is 21.1 Å². The van der Waals surface area contributed by atoms with Gasteiger partial charge in [-0.05, 0) is 70.4 Å². The van der Waals surface area contributed by atoms with Gasteiger partial charge in [-0.2, -0.15) is 5.26 Å². The monoisotopic (exact) mass is 544 g/mol. The van der Waals surface area contributed by atoms with Crippen molar-refractivity contribution >= 4 is 40.0 Å². The summed E-state index contributed by atoms with van der Waals surface area (Å²) in [5.41, 5.74) is 3.19. The van der Waals surface area contributed by atoms with Gasteiger partial charge in [-0.25, -0.2) is 0 Å². The molecule has 0 bridgehead atoms. The minimum Gasteiger partial charge on any atom is -0.489 e. The number of ether oxygens (including phenoxy) is 2. The smallest absolute Gasteiger partial charge is 0.266 e. The van der Waals surface area contributed by atoms with Crippen molar-refractivity contribution in [1.29, 1.82) is 5.26 Å². The van der Waals surface area contributed by atoms with E-state index >= 15 is 0 Å². The molecule has 5 aromatic rings. The van der Waals surface area contributed by atoms with E-state index < -0.39 is 5.91 Å². The third-order valence-corrected chi connectivity index (χ3v) is 6.53. The maximum atomic E-state index is 12.9. The molecule has 6 heteroatoms. The number of fused-ring (bicyclic) bond motifs is 1. The van der Waals surface area contributed by atoms with E-state index in [1.165, 1.54) is 6.08 Å². The molecule has 5 nitrogen and oxygen atoms in total. The van der Waals surface area contributed by atoms with E-state index in [1.807, 2.05) is 78.9 Å². The lowest BCUT2D eigenvalue weighted by Gasteiger charge is -2.12. The summed E-state index contributed by atoms with van der Waals surface area (Å²) in [6, 6.07) is 38.0. The molecule has 1 N–H and O–H groups in total. The second-order valence-electron chi connectivity index (χ2n) is 9.03. The molecule has 5 aromatic carbocycles. The molecular weight excluding hydrogens is 520 g/mol. The molecule has 0 aliphatic rings. The van der Waals surface area contributed by atoms with Gasteiger partial charge in [0.2, 0.25) is 0 Å². The molecule has 0 radical (unpaired) electrons. The number of hydrogen-bond acceptors (Lipinski definition) is 4. The van der Waals surface area contributed by atoms with Gasteiger partial charge in [0, 0.05) is 16.3 Å². The zero-order valence-electron chi connectivity index (χ0n) is 21.5. The van der Waals surface area contributed by atoms with Crippen molar-refractivity contribution in [3.63, 3.8) is 0 Å². The summed E-state index contributed by atoms with van der Waals surface area (Å²) >= 11 is 5.92. The Morgan fingerprint density at radius 1 is 0.800 bits per heavy atom. The molecule has 0 heterocycles. The number of benzene rings is 5. The first-order valence-electron chi connectivity index (χ1n) is 12.7. The summed E-state index contributed by atoms with van der Waals surface area (Å²) in [5.74, 6) is 0.723. The van der Waals surface area contributed by atoms with Gasteiger partial charge in [-0.1, -0.05) is 84.4 Å². The summed E-state index contributed by atoms with van der Waals surface area (Å²) in [7, 11) is 0. The third-order valence-electron chi connectivity index (χ3n) is 6.28. The standard InChI is InChI=1S/C34H25ClN2O3/c35-29-14-12-24(13-15-29)22-39-31-18-16-30(17-19-31)37-34(38)28(21-36)20-26-7-2-4-11-33(26)40-23-27-9-5-8-25-6-1-3-10-32(25)27/h1-20H,22-23H2,(H,37,38)/b28-20+. The third kappa shape index (κ3) is 6.68. The SMILES string of the molecule is N#C/C(=C\c1ccccc1OCc1cccc2ccccc12)C(=O)Nc1ccc(OCc2ccc(Cl)cc2)cc1. The summed E-state index contributed by atoms with van der Waals surface area (Å²) in [4.78, 5) is 12.9. The Labute approximate surface area is 237 Å². The van der Waals surface area contributed by atoms with Crippen LogP contribution in [0, 0.1) is 11.3 Å². The Hall–Kier alpha value is -5.05. The first-order chi connectivity index (χ1) is 19.6. The topological polar surface area (TPSA) is 71.3 Å². The van der Waals surface area contributed by atoms with Crippen LogP contribution >= 0.6 is 11.6 Å². The molecule has 0 aliphatic heterocycles. The van der Waals surface area contributed by atoms with Crippen LogP contribution in [0.3, 0.4) is 0 Å². The van der Waals surface area contributed by atoms with Crippen molar-refractivity contribution in [2.24, 2.45) is 0 Å². The first-order valence-corrected chi connectivity index (χ1v) is 13.1. The highest BCUT2D eigenvalue weighted by atomic mass is 35.5. The number of para-hydroxylation sites is 1. The van der Waals surface area contributed by atoms with Crippen molar-refractivity contribution in [3.05, 3.63) is 143 Å². The normalized spacial score (nSPS) is 11.1.